The second-order valence-corrected chi connectivity index (χ2v) is 7.23. The summed E-state index contributed by atoms with van der Waals surface area (Å²) in [7, 11) is 1.63. The molecular formula is C20H29ClN4O2. The first-order chi connectivity index (χ1) is 12.6. The Morgan fingerprint density at radius 2 is 2.11 bits per heavy atom. The number of amides is 2. The summed E-state index contributed by atoms with van der Waals surface area (Å²) in [6, 6.07) is 7.79. The zero-order valence-electron chi connectivity index (χ0n) is 16.0. The van der Waals surface area contributed by atoms with Crippen LogP contribution in [0.1, 0.15) is 26.2 Å². The van der Waals surface area contributed by atoms with Gasteiger partial charge in [0.05, 0.1) is 5.52 Å². The molecule has 1 aromatic carbocycles. The lowest BCUT2D eigenvalue weighted by Gasteiger charge is -2.28. The second-order valence-electron chi connectivity index (χ2n) is 7.23. The molecule has 0 saturated carbocycles. The summed E-state index contributed by atoms with van der Waals surface area (Å²) in [5, 5.41) is 10.1. The molecule has 1 aliphatic heterocycles. The van der Waals surface area contributed by atoms with E-state index in [-0.39, 0.29) is 30.8 Å². The van der Waals surface area contributed by atoms with Gasteiger partial charge in [-0.15, -0.1) is 12.4 Å². The van der Waals surface area contributed by atoms with E-state index < -0.39 is 0 Å². The molecular weight excluding hydrogens is 364 g/mol. The zero-order valence-corrected chi connectivity index (χ0v) is 16.8. The number of halogens is 1. The molecule has 0 bridgehead atoms. The first-order valence-corrected chi connectivity index (χ1v) is 9.37. The van der Waals surface area contributed by atoms with Crippen molar-refractivity contribution in [2.24, 2.45) is 11.8 Å². The highest BCUT2D eigenvalue weighted by Gasteiger charge is 2.22. The van der Waals surface area contributed by atoms with Crippen LogP contribution in [-0.4, -0.2) is 36.5 Å². The third-order valence-corrected chi connectivity index (χ3v) is 5.30. The minimum Gasteiger partial charge on any atom is -0.358 e. The van der Waals surface area contributed by atoms with Gasteiger partial charge in [0, 0.05) is 25.4 Å². The molecule has 2 amide bonds. The monoisotopic (exact) mass is 392 g/mol. The van der Waals surface area contributed by atoms with Crippen LogP contribution in [0.25, 0.3) is 10.9 Å². The molecule has 0 aliphatic carbocycles. The van der Waals surface area contributed by atoms with Crippen molar-refractivity contribution < 1.29 is 9.59 Å². The lowest BCUT2D eigenvalue weighted by Crippen LogP contribution is -2.34. The lowest BCUT2D eigenvalue weighted by molar-refractivity contribution is -0.121. The molecule has 3 rings (SSSR count). The van der Waals surface area contributed by atoms with Crippen LogP contribution >= 0.6 is 12.4 Å². The van der Waals surface area contributed by atoms with Crippen molar-refractivity contribution in [2.75, 3.05) is 25.5 Å². The van der Waals surface area contributed by atoms with Crippen LogP contribution < -0.4 is 16.0 Å². The van der Waals surface area contributed by atoms with Crippen molar-refractivity contribution in [1.82, 2.24) is 15.2 Å². The molecule has 7 heteroatoms. The van der Waals surface area contributed by atoms with E-state index in [2.05, 4.69) is 22.9 Å². The zero-order chi connectivity index (χ0) is 18.5. The van der Waals surface area contributed by atoms with Gasteiger partial charge in [-0.2, -0.15) is 0 Å². The third-order valence-electron chi connectivity index (χ3n) is 5.30. The fraction of sp³-hybridized carbons (Fsp3) is 0.500. The van der Waals surface area contributed by atoms with Crippen LogP contribution in [0.2, 0.25) is 0 Å². The Bertz CT molecular complexity index is 783. The molecule has 2 atom stereocenters. The molecule has 148 valence electrons. The standard InChI is InChI=1S/C20H28N4O2.ClH/c1-14(16-4-3-8-22-12-16)10-19(25)23-17-6-5-15-7-9-24(18(15)11-17)13-20(26)21-2;/h5-7,9,11,14,16,22H,3-4,8,10,12-13H2,1-2H3,(H,21,26)(H,23,25);1H. The van der Waals surface area contributed by atoms with Crippen LogP contribution in [0.5, 0.6) is 0 Å². The Morgan fingerprint density at radius 3 is 2.81 bits per heavy atom. The summed E-state index contributed by atoms with van der Waals surface area (Å²) < 4.78 is 1.89. The molecule has 0 radical (unpaired) electrons. The molecule has 2 aromatic rings. The Morgan fingerprint density at radius 1 is 1.30 bits per heavy atom. The largest absolute Gasteiger partial charge is 0.358 e. The predicted molar refractivity (Wildman–Crippen MR) is 111 cm³/mol. The van der Waals surface area contributed by atoms with E-state index in [4.69, 9.17) is 0 Å². The topological polar surface area (TPSA) is 75.2 Å². The van der Waals surface area contributed by atoms with Crippen molar-refractivity contribution >= 4 is 40.8 Å². The van der Waals surface area contributed by atoms with E-state index in [1.165, 1.54) is 12.8 Å². The Kier molecular flexibility index (Phi) is 7.68. The number of hydrogen-bond acceptors (Lipinski definition) is 3. The summed E-state index contributed by atoms with van der Waals surface area (Å²) in [6.45, 7) is 4.52. The molecule has 0 spiro atoms. The highest BCUT2D eigenvalue weighted by atomic mass is 35.5. The molecule has 1 fully saturated rings. The molecule has 3 N–H and O–H groups in total. The molecule has 27 heavy (non-hydrogen) atoms. The van der Waals surface area contributed by atoms with Gasteiger partial charge in [0.25, 0.3) is 0 Å². The van der Waals surface area contributed by atoms with Gasteiger partial charge in [0.1, 0.15) is 6.54 Å². The quantitative estimate of drug-likeness (QED) is 0.707. The average Bonchev–Trinajstić information content (AvgIpc) is 3.04. The summed E-state index contributed by atoms with van der Waals surface area (Å²) in [5.74, 6) is 0.934. The van der Waals surface area contributed by atoms with Gasteiger partial charge in [-0.3, -0.25) is 9.59 Å². The minimum absolute atomic E-state index is 0. The Hall–Kier alpha value is -2.05. The molecule has 1 aliphatic rings. The first-order valence-electron chi connectivity index (χ1n) is 9.37. The summed E-state index contributed by atoms with van der Waals surface area (Å²) >= 11 is 0. The maximum atomic E-state index is 12.4. The van der Waals surface area contributed by atoms with Gasteiger partial charge in [-0.25, -0.2) is 0 Å². The number of carbonyl (C=O) groups excluding carboxylic acids is 2. The number of aromatic nitrogens is 1. The van der Waals surface area contributed by atoms with Crippen LogP contribution in [0.4, 0.5) is 5.69 Å². The van der Waals surface area contributed by atoms with Crippen molar-refractivity contribution in [3.63, 3.8) is 0 Å². The number of benzene rings is 1. The lowest BCUT2D eigenvalue weighted by atomic mass is 9.85. The number of carbonyl (C=O) groups is 2. The van der Waals surface area contributed by atoms with E-state index >= 15 is 0 Å². The van der Waals surface area contributed by atoms with E-state index in [9.17, 15) is 9.59 Å². The maximum Gasteiger partial charge on any atom is 0.239 e. The highest BCUT2D eigenvalue weighted by Crippen LogP contribution is 2.24. The van der Waals surface area contributed by atoms with Crippen LogP contribution in [0.3, 0.4) is 0 Å². The fourth-order valence-corrected chi connectivity index (χ4v) is 3.67. The average molecular weight is 393 g/mol. The molecule has 2 unspecified atom stereocenters. The van der Waals surface area contributed by atoms with Gasteiger partial charge in [-0.1, -0.05) is 13.0 Å². The van der Waals surface area contributed by atoms with E-state index in [1.54, 1.807) is 7.05 Å². The van der Waals surface area contributed by atoms with Gasteiger partial charge in [0.15, 0.2) is 0 Å². The molecule has 1 aromatic heterocycles. The molecule has 2 heterocycles. The SMILES string of the molecule is CNC(=O)Cn1ccc2ccc(NC(=O)CC(C)C3CCCNC3)cc21.Cl. The number of nitrogens with one attached hydrogen (secondary N) is 3. The third kappa shape index (κ3) is 5.47. The summed E-state index contributed by atoms with van der Waals surface area (Å²) in [4.78, 5) is 24.1. The van der Waals surface area contributed by atoms with Gasteiger partial charge < -0.3 is 20.5 Å². The number of anilines is 1. The van der Waals surface area contributed by atoms with Gasteiger partial charge >= 0.3 is 0 Å². The van der Waals surface area contributed by atoms with Gasteiger partial charge in [0.2, 0.25) is 11.8 Å². The number of fused-ring (bicyclic) bond motifs is 1. The number of hydrogen-bond donors (Lipinski definition) is 3. The van der Waals surface area contributed by atoms with Crippen molar-refractivity contribution in [3.8, 4) is 0 Å². The predicted octanol–water partition coefficient (Wildman–Crippen LogP) is 2.77. The Balaban J connectivity index is 0.00000261. The maximum absolute atomic E-state index is 12.4. The number of rotatable bonds is 6. The Labute approximate surface area is 166 Å². The second kappa shape index (κ2) is 9.76. The number of piperidine rings is 1. The van der Waals surface area contributed by atoms with E-state index in [0.29, 0.717) is 18.3 Å². The minimum atomic E-state index is -0.0492. The molecule has 1 saturated heterocycles. The van der Waals surface area contributed by atoms with Crippen molar-refractivity contribution in [2.45, 2.75) is 32.7 Å². The fourth-order valence-electron chi connectivity index (χ4n) is 3.67. The van der Waals surface area contributed by atoms with Crippen LogP contribution in [0.15, 0.2) is 30.5 Å². The van der Waals surface area contributed by atoms with Gasteiger partial charge in [-0.05, 0) is 61.4 Å². The summed E-state index contributed by atoms with van der Waals surface area (Å²) in [6.07, 6.45) is 4.81. The van der Waals surface area contributed by atoms with E-state index in [0.717, 1.165) is 29.7 Å². The van der Waals surface area contributed by atoms with Crippen LogP contribution in [-0.2, 0) is 16.1 Å². The smallest absolute Gasteiger partial charge is 0.239 e. The van der Waals surface area contributed by atoms with Crippen molar-refractivity contribution in [3.05, 3.63) is 30.5 Å². The number of likely N-dealkylation sites (N-methyl/N-ethyl adjacent to an activating group) is 1. The first kappa shape index (κ1) is 21.3. The normalized spacial score (nSPS) is 17.8. The highest BCUT2D eigenvalue weighted by molar-refractivity contribution is 5.94. The molecule has 6 nitrogen and oxygen atoms in total. The number of nitrogens with zero attached hydrogens (tertiary/aromatic N) is 1. The van der Waals surface area contributed by atoms with E-state index in [1.807, 2.05) is 35.0 Å². The summed E-state index contributed by atoms with van der Waals surface area (Å²) in [5.41, 5.74) is 1.71. The van der Waals surface area contributed by atoms with Crippen molar-refractivity contribution in [1.29, 1.82) is 0 Å². The van der Waals surface area contributed by atoms with Crippen LogP contribution in [0, 0.1) is 11.8 Å².